The van der Waals surface area contributed by atoms with Crippen LogP contribution >= 0.6 is 0 Å². The van der Waals surface area contributed by atoms with E-state index in [0.29, 0.717) is 23.9 Å². The third kappa shape index (κ3) is 2.60. The van der Waals surface area contributed by atoms with Gasteiger partial charge < -0.3 is 15.2 Å². The minimum absolute atomic E-state index is 0.386. The largest absolute Gasteiger partial charge is 0.493 e. The molecular weight excluding hydrogens is 228 g/mol. The molecule has 0 bridgehead atoms. The normalized spacial score (nSPS) is 10.2. The number of aromatic nitrogens is 1. The van der Waals surface area contributed by atoms with Gasteiger partial charge in [-0.05, 0) is 30.7 Å². The third-order valence-electron chi connectivity index (χ3n) is 2.60. The number of ether oxygens (including phenoxy) is 2. The van der Waals surface area contributed by atoms with Crippen LogP contribution in [0.25, 0.3) is 0 Å². The van der Waals surface area contributed by atoms with Crippen molar-refractivity contribution in [2.75, 3.05) is 7.11 Å². The smallest absolute Gasteiger partial charge is 0.223 e. The Labute approximate surface area is 106 Å². The van der Waals surface area contributed by atoms with E-state index in [1.54, 1.807) is 13.3 Å². The van der Waals surface area contributed by atoms with E-state index in [1.807, 2.05) is 37.3 Å². The summed E-state index contributed by atoms with van der Waals surface area (Å²) in [5, 5.41) is 0. The zero-order valence-corrected chi connectivity index (χ0v) is 10.5. The molecule has 1 aromatic carbocycles. The summed E-state index contributed by atoms with van der Waals surface area (Å²) in [4.78, 5) is 4.18. The van der Waals surface area contributed by atoms with Crippen molar-refractivity contribution in [3.63, 3.8) is 0 Å². The van der Waals surface area contributed by atoms with Crippen LogP contribution in [0.4, 0.5) is 0 Å². The Morgan fingerprint density at radius 1 is 1.22 bits per heavy atom. The number of methoxy groups -OCH3 is 1. The van der Waals surface area contributed by atoms with Crippen molar-refractivity contribution in [3.05, 3.63) is 47.7 Å². The molecule has 0 aliphatic heterocycles. The van der Waals surface area contributed by atoms with Crippen LogP contribution in [0.3, 0.4) is 0 Å². The summed E-state index contributed by atoms with van der Waals surface area (Å²) < 4.78 is 11.0. The number of hydrogen-bond acceptors (Lipinski definition) is 4. The standard InChI is InChI=1S/C14H16N2O2/c1-10-5-6-12(13(8-10)17-2)18-14-11(9-15)4-3-7-16-14/h3-8H,9,15H2,1-2H3. The van der Waals surface area contributed by atoms with Gasteiger partial charge in [0, 0.05) is 18.3 Å². The van der Waals surface area contributed by atoms with Gasteiger partial charge >= 0.3 is 0 Å². The molecule has 0 saturated carbocycles. The summed E-state index contributed by atoms with van der Waals surface area (Å²) in [7, 11) is 1.61. The Morgan fingerprint density at radius 3 is 2.78 bits per heavy atom. The van der Waals surface area contributed by atoms with Crippen molar-refractivity contribution in [3.8, 4) is 17.4 Å². The molecule has 2 rings (SSSR count). The summed E-state index contributed by atoms with van der Waals surface area (Å²) in [5.41, 5.74) is 7.62. The zero-order valence-electron chi connectivity index (χ0n) is 10.5. The molecule has 0 radical (unpaired) electrons. The number of nitrogens with two attached hydrogens (primary N) is 1. The second-order valence-corrected chi connectivity index (χ2v) is 3.93. The predicted molar refractivity (Wildman–Crippen MR) is 69.9 cm³/mol. The molecule has 2 N–H and O–H groups in total. The molecule has 0 aliphatic carbocycles. The summed E-state index contributed by atoms with van der Waals surface area (Å²) in [6.45, 7) is 2.38. The van der Waals surface area contributed by atoms with Gasteiger partial charge in [-0.15, -0.1) is 0 Å². The van der Waals surface area contributed by atoms with Gasteiger partial charge in [-0.25, -0.2) is 4.98 Å². The maximum absolute atomic E-state index is 5.76. The molecule has 94 valence electrons. The molecule has 4 heteroatoms. The van der Waals surface area contributed by atoms with Crippen LogP contribution in [0.15, 0.2) is 36.5 Å². The first-order valence-electron chi connectivity index (χ1n) is 5.71. The minimum Gasteiger partial charge on any atom is -0.493 e. The molecule has 0 spiro atoms. The Morgan fingerprint density at radius 2 is 2.06 bits per heavy atom. The fraction of sp³-hybridized carbons (Fsp3) is 0.214. The van der Waals surface area contributed by atoms with Gasteiger partial charge in [0.15, 0.2) is 11.5 Å². The second kappa shape index (κ2) is 5.51. The number of hydrogen-bond donors (Lipinski definition) is 1. The molecule has 0 atom stereocenters. The van der Waals surface area contributed by atoms with E-state index in [-0.39, 0.29) is 0 Å². The highest BCUT2D eigenvalue weighted by molar-refractivity contribution is 5.45. The van der Waals surface area contributed by atoms with E-state index in [4.69, 9.17) is 15.2 Å². The number of pyridine rings is 1. The highest BCUT2D eigenvalue weighted by atomic mass is 16.5. The third-order valence-corrected chi connectivity index (χ3v) is 2.60. The van der Waals surface area contributed by atoms with Crippen LogP contribution in [0, 0.1) is 6.92 Å². The summed E-state index contributed by atoms with van der Waals surface area (Å²) >= 11 is 0. The molecule has 0 unspecified atom stereocenters. The fourth-order valence-corrected chi connectivity index (χ4v) is 1.63. The topological polar surface area (TPSA) is 57.4 Å². The monoisotopic (exact) mass is 244 g/mol. The van der Waals surface area contributed by atoms with E-state index in [0.717, 1.165) is 11.1 Å². The van der Waals surface area contributed by atoms with E-state index in [9.17, 15) is 0 Å². The van der Waals surface area contributed by atoms with Gasteiger partial charge in [-0.3, -0.25) is 0 Å². The summed E-state index contributed by atoms with van der Waals surface area (Å²) in [6.07, 6.45) is 1.68. The van der Waals surface area contributed by atoms with Gasteiger partial charge in [-0.1, -0.05) is 12.1 Å². The van der Waals surface area contributed by atoms with Gasteiger partial charge in [0.05, 0.1) is 7.11 Å². The lowest BCUT2D eigenvalue weighted by Gasteiger charge is -2.12. The molecule has 0 fully saturated rings. The molecule has 18 heavy (non-hydrogen) atoms. The average Bonchev–Trinajstić information content (AvgIpc) is 2.41. The molecule has 0 aliphatic rings. The van der Waals surface area contributed by atoms with Gasteiger partial charge in [0.2, 0.25) is 5.88 Å². The Balaban J connectivity index is 2.33. The Kier molecular flexibility index (Phi) is 3.79. The van der Waals surface area contributed by atoms with E-state index in [2.05, 4.69) is 4.98 Å². The van der Waals surface area contributed by atoms with E-state index < -0.39 is 0 Å². The summed E-state index contributed by atoms with van der Waals surface area (Å²) in [5.74, 6) is 1.84. The molecule has 1 aromatic heterocycles. The van der Waals surface area contributed by atoms with Crippen molar-refractivity contribution in [2.45, 2.75) is 13.5 Å². The molecule has 1 heterocycles. The number of rotatable bonds is 4. The van der Waals surface area contributed by atoms with Crippen molar-refractivity contribution in [1.82, 2.24) is 4.98 Å². The van der Waals surface area contributed by atoms with Crippen LogP contribution in [-0.4, -0.2) is 12.1 Å². The SMILES string of the molecule is COc1cc(C)ccc1Oc1ncccc1CN. The van der Waals surface area contributed by atoms with Crippen LogP contribution in [-0.2, 0) is 6.54 Å². The molecular formula is C14H16N2O2. The molecule has 0 amide bonds. The second-order valence-electron chi connectivity index (χ2n) is 3.93. The Hall–Kier alpha value is -2.07. The molecule has 4 nitrogen and oxygen atoms in total. The molecule has 0 saturated heterocycles. The lowest BCUT2D eigenvalue weighted by atomic mass is 10.2. The minimum atomic E-state index is 0.386. The number of aryl methyl sites for hydroxylation is 1. The summed E-state index contributed by atoms with van der Waals surface area (Å²) in [6, 6.07) is 9.47. The first kappa shape index (κ1) is 12.4. The predicted octanol–water partition coefficient (Wildman–Crippen LogP) is 2.65. The van der Waals surface area contributed by atoms with Gasteiger partial charge in [-0.2, -0.15) is 0 Å². The van der Waals surface area contributed by atoms with E-state index in [1.165, 1.54) is 0 Å². The van der Waals surface area contributed by atoms with Crippen molar-refractivity contribution >= 4 is 0 Å². The van der Waals surface area contributed by atoms with Crippen molar-refractivity contribution in [2.24, 2.45) is 5.73 Å². The lowest BCUT2D eigenvalue weighted by Crippen LogP contribution is -2.01. The van der Waals surface area contributed by atoms with Crippen LogP contribution < -0.4 is 15.2 Å². The first-order chi connectivity index (χ1) is 8.74. The Bertz CT molecular complexity index is 541. The van der Waals surface area contributed by atoms with E-state index >= 15 is 0 Å². The maximum atomic E-state index is 5.76. The van der Waals surface area contributed by atoms with Crippen LogP contribution in [0.5, 0.6) is 17.4 Å². The number of nitrogens with zero attached hydrogens (tertiary/aromatic N) is 1. The highest BCUT2D eigenvalue weighted by Crippen LogP contribution is 2.32. The van der Waals surface area contributed by atoms with Crippen molar-refractivity contribution in [1.29, 1.82) is 0 Å². The highest BCUT2D eigenvalue weighted by Gasteiger charge is 2.09. The van der Waals surface area contributed by atoms with Crippen molar-refractivity contribution < 1.29 is 9.47 Å². The fourth-order valence-electron chi connectivity index (χ4n) is 1.63. The zero-order chi connectivity index (χ0) is 13.0. The maximum Gasteiger partial charge on any atom is 0.223 e. The average molecular weight is 244 g/mol. The lowest BCUT2D eigenvalue weighted by molar-refractivity contribution is 0.372. The number of benzene rings is 1. The van der Waals surface area contributed by atoms with Crippen LogP contribution in [0.2, 0.25) is 0 Å². The van der Waals surface area contributed by atoms with Crippen LogP contribution in [0.1, 0.15) is 11.1 Å². The quantitative estimate of drug-likeness (QED) is 0.898. The first-order valence-corrected chi connectivity index (χ1v) is 5.71. The van der Waals surface area contributed by atoms with Gasteiger partial charge in [0.25, 0.3) is 0 Å². The molecule has 2 aromatic rings. The van der Waals surface area contributed by atoms with Gasteiger partial charge in [0.1, 0.15) is 0 Å².